The van der Waals surface area contributed by atoms with E-state index < -0.39 is 18.2 Å². The van der Waals surface area contributed by atoms with Crippen LogP contribution in [0.25, 0.3) is 0 Å². The Balaban J connectivity index is 1.85. The van der Waals surface area contributed by atoms with E-state index in [0.717, 1.165) is 12.8 Å². The molecule has 0 spiro atoms. The number of halogens is 3. The van der Waals surface area contributed by atoms with Gasteiger partial charge in [-0.1, -0.05) is 0 Å². The molecule has 1 heterocycles. The maximum absolute atomic E-state index is 12.2. The Kier molecular flexibility index (Phi) is 4.94. The first-order valence-corrected chi connectivity index (χ1v) is 7.83. The topological polar surface area (TPSA) is 41.6 Å². The highest BCUT2D eigenvalue weighted by atomic mass is 19.4. The lowest BCUT2D eigenvalue weighted by Gasteiger charge is -2.39. The normalized spacial score (nSPS) is 28.8. The third kappa shape index (κ3) is 4.76. The van der Waals surface area contributed by atoms with Gasteiger partial charge in [-0.05, 0) is 45.4 Å². The minimum atomic E-state index is -4.12. The highest BCUT2D eigenvalue weighted by Crippen LogP contribution is 2.37. The van der Waals surface area contributed by atoms with Crippen LogP contribution in [-0.4, -0.2) is 48.4 Å². The molecule has 1 aliphatic carbocycles. The van der Waals surface area contributed by atoms with Crippen molar-refractivity contribution in [2.75, 3.05) is 19.6 Å². The summed E-state index contributed by atoms with van der Waals surface area (Å²) in [6.45, 7) is 6.55. The Morgan fingerprint density at radius 1 is 1.18 bits per heavy atom. The van der Waals surface area contributed by atoms with Crippen molar-refractivity contribution in [1.82, 2.24) is 10.2 Å². The fourth-order valence-electron chi connectivity index (χ4n) is 3.41. The summed E-state index contributed by atoms with van der Waals surface area (Å²) in [7, 11) is 0. The highest BCUT2D eigenvalue weighted by Gasteiger charge is 2.44. The van der Waals surface area contributed by atoms with E-state index in [1.165, 1.54) is 0 Å². The first kappa shape index (κ1) is 17.4. The number of rotatable bonds is 3. The molecule has 0 aromatic heterocycles. The minimum Gasteiger partial charge on any atom is -0.444 e. The van der Waals surface area contributed by atoms with Crippen LogP contribution < -0.4 is 5.32 Å². The van der Waals surface area contributed by atoms with Gasteiger partial charge in [-0.15, -0.1) is 0 Å². The molecular formula is C15H25F3N2O2. The van der Waals surface area contributed by atoms with Gasteiger partial charge in [0.25, 0.3) is 0 Å². The third-order valence-electron chi connectivity index (χ3n) is 4.27. The van der Waals surface area contributed by atoms with E-state index in [1.807, 2.05) is 20.8 Å². The molecular weight excluding hydrogens is 297 g/mol. The molecule has 7 heteroatoms. The van der Waals surface area contributed by atoms with Crippen molar-refractivity contribution in [3.05, 3.63) is 0 Å². The summed E-state index contributed by atoms with van der Waals surface area (Å²) in [5.41, 5.74) is -0.530. The lowest BCUT2D eigenvalue weighted by atomic mass is 9.92. The molecule has 4 nitrogen and oxygen atoms in total. The fraction of sp³-hybridized carbons (Fsp3) is 0.933. The number of nitrogens with one attached hydrogen (secondary N) is 1. The number of nitrogens with zero attached hydrogens (tertiary/aromatic N) is 1. The number of fused-ring (bicyclic) bond motifs is 2. The van der Waals surface area contributed by atoms with Gasteiger partial charge in [0.1, 0.15) is 5.60 Å². The summed E-state index contributed by atoms with van der Waals surface area (Å²) < 4.78 is 42.1. The van der Waals surface area contributed by atoms with Crippen LogP contribution in [0.1, 0.15) is 40.0 Å². The van der Waals surface area contributed by atoms with Crippen LogP contribution in [0.15, 0.2) is 0 Å². The molecule has 128 valence electrons. The number of hydrogen-bond donors (Lipinski definition) is 1. The van der Waals surface area contributed by atoms with Crippen LogP contribution in [0.4, 0.5) is 18.0 Å². The van der Waals surface area contributed by atoms with Gasteiger partial charge in [-0.25, -0.2) is 4.79 Å². The van der Waals surface area contributed by atoms with E-state index in [1.54, 1.807) is 4.90 Å². The second kappa shape index (κ2) is 6.26. The number of ether oxygens (including phenoxy) is 1. The smallest absolute Gasteiger partial charge is 0.410 e. The molecule has 2 fully saturated rings. The molecule has 2 bridgehead atoms. The largest absolute Gasteiger partial charge is 0.444 e. The monoisotopic (exact) mass is 322 g/mol. The van der Waals surface area contributed by atoms with Crippen molar-refractivity contribution in [3.63, 3.8) is 0 Å². The van der Waals surface area contributed by atoms with Gasteiger partial charge < -0.3 is 15.0 Å². The van der Waals surface area contributed by atoms with Crippen molar-refractivity contribution in [1.29, 1.82) is 0 Å². The molecule has 2 aliphatic rings. The third-order valence-corrected chi connectivity index (χ3v) is 4.27. The van der Waals surface area contributed by atoms with Gasteiger partial charge in [-0.3, -0.25) is 0 Å². The lowest BCUT2D eigenvalue weighted by molar-refractivity contribution is -0.134. The van der Waals surface area contributed by atoms with Crippen molar-refractivity contribution >= 4 is 6.09 Å². The second-order valence-corrected chi connectivity index (χ2v) is 7.33. The summed E-state index contributed by atoms with van der Waals surface area (Å²) in [5.74, 6) is 0.444. The SMILES string of the molecule is CC(C)(C)OC(=O)N1CC2CCC(C1)C2NCCC(F)(F)F. The van der Waals surface area contributed by atoms with E-state index in [2.05, 4.69) is 5.32 Å². The molecule has 0 aromatic rings. The van der Waals surface area contributed by atoms with E-state index in [0.29, 0.717) is 13.1 Å². The Morgan fingerprint density at radius 3 is 2.18 bits per heavy atom. The number of carbonyl (C=O) groups excluding carboxylic acids is 1. The predicted octanol–water partition coefficient (Wildman–Crippen LogP) is 3.17. The van der Waals surface area contributed by atoms with Crippen LogP contribution in [0, 0.1) is 11.8 Å². The minimum absolute atomic E-state index is 0.0480. The van der Waals surface area contributed by atoms with Crippen molar-refractivity contribution in [3.8, 4) is 0 Å². The zero-order chi connectivity index (χ0) is 16.5. The molecule has 1 saturated heterocycles. The summed E-state index contributed by atoms with van der Waals surface area (Å²) in [4.78, 5) is 13.8. The van der Waals surface area contributed by atoms with Crippen LogP contribution in [-0.2, 0) is 4.74 Å². The Morgan fingerprint density at radius 2 is 1.73 bits per heavy atom. The van der Waals surface area contributed by atoms with Gasteiger partial charge in [0.15, 0.2) is 0 Å². The maximum atomic E-state index is 12.2. The van der Waals surface area contributed by atoms with Gasteiger partial charge in [0.05, 0.1) is 6.42 Å². The van der Waals surface area contributed by atoms with Gasteiger partial charge >= 0.3 is 12.3 Å². The molecule has 1 aliphatic heterocycles. The number of piperidine rings is 1. The van der Waals surface area contributed by atoms with Gasteiger partial charge in [0.2, 0.25) is 0 Å². The summed E-state index contributed by atoms with van der Waals surface area (Å²) in [5, 5.41) is 3.05. The van der Waals surface area contributed by atoms with Crippen LogP contribution >= 0.6 is 0 Å². The zero-order valence-electron chi connectivity index (χ0n) is 13.4. The van der Waals surface area contributed by atoms with Crippen molar-refractivity contribution in [2.24, 2.45) is 11.8 Å². The molecule has 1 N–H and O–H groups in total. The molecule has 2 unspecified atom stereocenters. The molecule has 0 radical (unpaired) electrons. The number of carbonyl (C=O) groups is 1. The lowest BCUT2D eigenvalue weighted by Crippen LogP contribution is -2.53. The van der Waals surface area contributed by atoms with E-state index >= 15 is 0 Å². The van der Waals surface area contributed by atoms with E-state index in [4.69, 9.17) is 4.74 Å². The molecule has 1 saturated carbocycles. The van der Waals surface area contributed by atoms with Crippen LogP contribution in [0.3, 0.4) is 0 Å². The highest BCUT2D eigenvalue weighted by molar-refractivity contribution is 5.68. The van der Waals surface area contributed by atoms with E-state index in [-0.39, 0.29) is 30.5 Å². The summed E-state index contributed by atoms with van der Waals surface area (Å²) >= 11 is 0. The van der Waals surface area contributed by atoms with Gasteiger partial charge in [0, 0.05) is 25.7 Å². The zero-order valence-corrected chi connectivity index (χ0v) is 13.4. The van der Waals surface area contributed by atoms with Gasteiger partial charge in [-0.2, -0.15) is 13.2 Å². The fourth-order valence-corrected chi connectivity index (χ4v) is 3.41. The first-order chi connectivity index (χ1) is 10.1. The Bertz CT molecular complexity index is 393. The van der Waals surface area contributed by atoms with E-state index in [9.17, 15) is 18.0 Å². The summed E-state index contributed by atoms with van der Waals surface area (Å²) in [6, 6.07) is 0.0843. The van der Waals surface area contributed by atoms with Crippen LogP contribution in [0.5, 0.6) is 0 Å². The number of hydrogen-bond acceptors (Lipinski definition) is 3. The van der Waals surface area contributed by atoms with Crippen molar-refractivity contribution in [2.45, 2.75) is 57.9 Å². The summed E-state index contributed by atoms with van der Waals surface area (Å²) in [6.07, 6.45) is -3.35. The second-order valence-electron chi connectivity index (χ2n) is 7.33. The first-order valence-electron chi connectivity index (χ1n) is 7.83. The molecule has 1 amide bonds. The Labute approximate surface area is 129 Å². The van der Waals surface area contributed by atoms with Crippen molar-refractivity contribution < 1.29 is 22.7 Å². The Hall–Kier alpha value is -0.980. The number of alkyl halides is 3. The van der Waals surface area contributed by atoms with Crippen LogP contribution in [0.2, 0.25) is 0 Å². The standard InChI is InChI=1S/C15H25F3N2O2/c1-14(2,3)22-13(21)20-8-10-4-5-11(9-20)12(10)19-7-6-15(16,17)18/h10-12,19H,4-9H2,1-3H3. The maximum Gasteiger partial charge on any atom is 0.410 e. The molecule has 0 aromatic carbocycles. The molecule has 22 heavy (non-hydrogen) atoms. The number of amides is 1. The predicted molar refractivity (Wildman–Crippen MR) is 76.5 cm³/mol. The number of likely N-dealkylation sites (tertiary alicyclic amines) is 1. The molecule has 2 atom stereocenters. The average Bonchev–Trinajstić information content (AvgIpc) is 2.56. The molecule has 2 rings (SSSR count). The quantitative estimate of drug-likeness (QED) is 0.868. The average molecular weight is 322 g/mol.